The van der Waals surface area contributed by atoms with Gasteiger partial charge < -0.3 is 15.8 Å². The molecule has 2 atom stereocenters. The van der Waals surface area contributed by atoms with Gasteiger partial charge in [0.1, 0.15) is 0 Å². The van der Waals surface area contributed by atoms with Crippen molar-refractivity contribution in [2.24, 2.45) is 5.92 Å². The smallest absolute Gasteiger partial charge is 0.0588 e. The molecule has 3 N–H and O–H groups in total. The van der Waals surface area contributed by atoms with E-state index in [-0.39, 0.29) is 0 Å². The third-order valence-corrected chi connectivity index (χ3v) is 3.25. The van der Waals surface area contributed by atoms with E-state index in [9.17, 15) is 0 Å². The van der Waals surface area contributed by atoms with Crippen LogP contribution in [0, 0.1) is 5.92 Å². The summed E-state index contributed by atoms with van der Waals surface area (Å²) in [5.74, 6) is 0.661. The molecule has 0 aliphatic carbocycles. The fourth-order valence-electron chi connectivity index (χ4n) is 2.08. The molecular weight excluding hydrogens is 200 g/mol. The fourth-order valence-corrected chi connectivity index (χ4v) is 2.08. The Hall–Kier alpha value is -1.06. The van der Waals surface area contributed by atoms with E-state index >= 15 is 0 Å². The van der Waals surface area contributed by atoms with Crippen LogP contribution in [-0.2, 0) is 11.3 Å². The summed E-state index contributed by atoms with van der Waals surface area (Å²) in [4.78, 5) is 0. The first-order valence-electron chi connectivity index (χ1n) is 5.92. The molecule has 3 nitrogen and oxygen atoms in total. The van der Waals surface area contributed by atoms with Crippen LogP contribution in [0.15, 0.2) is 24.3 Å². The van der Waals surface area contributed by atoms with Gasteiger partial charge in [-0.25, -0.2) is 0 Å². The van der Waals surface area contributed by atoms with Crippen molar-refractivity contribution in [3.8, 4) is 0 Å². The maximum atomic E-state index is 5.64. The highest BCUT2D eigenvalue weighted by Gasteiger charge is 2.23. The second-order valence-corrected chi connectivity index (χ2v) is 4.50. The second-order valence-electron chi connectivity index (χ2n) is 4.50. The minimum Gasteiger partial charge on any atom is -0.399 e. The number of rotatable bonds is 4. The van der Waals surface area contributed by atoms with Crippen LogP contribution in [0.25, 0.3) is 0 Å². The highest BCUT2D eigenvalue weighted by atomic mass is 16.5. The van der Waals surface area contributed by atoms with Crippen LogP contribution >= 0.6 is 0 Å². The SMILES string of the molecule is CC1OCCC1CNCc1ccc(N)cc1. The van der Waals surface area contributed by atoms with E-state index in [0.717, 1.165) is 25.4 Å². The van der Waals surface area contributed by atoms with Crippen LogP contribution in [0.4, 0.5) is 5.69 Å². The van der Waals surface area contributed by atoms with Gasteiger partial charge in [0.15, 0.2) is 0 Å². The Bertz CT molecular complexity index is 323. The van der Waals surface area contributed by atoms with E-state index in [1.54, 1.807) is 0 Å². The van der Waals surface area contributed by atoms with Gasteiger partial charge in [-0.05, 0) is 37.0 Å². The summed E-state index contributed by atoms with van der Waals surface area (Å²) >= 11 is 0. The molecule has 1 aromatic carbocycles. The average Bonchev–Trinajstić information content (AvgIpc) is 2.68. The van der Waals surface area contributed by atoms with Gasteiger partial charge in [-0.2, -0.15) is 0 Å². The zero-order valence-corrected chi connectivity index (χ0v) is 9.78. The third kappa shape index (κ3) is 2.97. The zero-order chi connectivity index (χ0) is 11.4. The molecule has 3 heteroatoms. The van der Waals surface area contributed by atoms with Gasteiger partial charge in [0, 0.05) is 25.4 Å². The molecular formula is C13H20N2O. The first-order chi connectivity index (χ1) is 7.75. The summed E-state index contributed by atoms with van der Waals surface area (Å²) in [6, 6.07) is 8.02. The summed E-state index contributed by atoms with van der Waals surface area (Å²) in [6.07, 6.45) is 1.58. The molecule has 0 spiro atoms. The van der Waals surface area contributed by atoms with Gasteiger partial charge >= 0.3 is 0 Å². The lowest BCUT2D eigenvalue weighted by atomic mass is 10.0. The number of nitrogens with two attached hydrogens (primary N) is 1. The summed E-state index contributed by atoms with van der Waals surface area (Å²) in [7, 11) is 0. The zero-order valence-electron chi connectivity index (χ0n) is 9.78. The van der Waals surface area contributed by atoms with E-state index in [0.29, 0.717) is 12.0 Å². The van der Waals surface area contributed by atoms with Crippen molar-refractivity contribution in [3.05, 3.63) is 29.8 Å². The molecule has 16 heavy (non-hydrogen) atoms. The molecule has 0 saturated carbocycles. The molecule has 1 aliphatic heterocycles. The Morgan fingerprint density at radius 3 is 2.75 bits per heavy atom. The summed E-state index contributed by atoms with van der Waals surface area (Å²) in [6.45, 7) is 5.01. The largest absolute Gasteiger partial charge is 0.399 e. The monoisotopic (exact) mass is 220 g/mol. The lowest BCUT2D eigenvalue weighted by Crippen LogP contribution is -2.26. The highest BCUT2D eigenvalue weighted by Crippen LogP contribution is 2.19. The van der Waals surface area contributed by atoms with Crippen LogP contribution in [0.1, 0.15) is 18.9 Å². The molecule has 0 radical (unpaired) electrons. The van der Waals surface area contributed by atoms with Crippen molar-refractivity contribution in [1.82, 2.24) is 5.32 Å². The topological polar surface area (TPSA) is 47.3 Å². The van der Waals surface area contributed by atoms with E-state index < -0.39 is 0 Å². The molecule has 0 bridgehead atoms. The summed E-state index contributed by atoms with van der Waals surface area (Å²) in [5.41, 5.74) is 7.74. The Kier molecular flexibility index (Phi) is 3.80. The summed E-state index contributed by atoms with van der Waals surface area (Å²) < 4.78 is 5.53. The lowest BCUT2D eigenvalue weighted by Gasteiger charge is -2.14. The molecule has 2 rings (SSSR count). The van der Waals surface area contributed by atoms with Crippen molar-refractivity contribution in [2.45, 2.75) is 26.0 Å². The van der Waals surface area contributed by atoms with Crippen LogP contribution < -0.4 is 11.1 Å². The molecule has 1 aromatic rings. The van der Waals surface area contributed by atoms with E-state index in [2.05, 4.69) is 24.4 Å². The first-order valence-corrected chi connectivity index (χ1v) is 5.92. The van der Waals surface area contributed by atoms with Crippen molar-refractivity contribution in [3.63, 3.8) is 0 Å². The van der Waals surface area contributed by atoms with Crippen molar-refractivity contribution >= 4 is 5.69 Å². The molecule has 88 valence electrons. The second kappa shape index (κ2) is 5.32. The maximum absolute atomic E-state index is 5.64. The third-order valence-electron chi connectivity index (χ3n) is 3.25. The normalized spacial score (nSPS) is 24.8. The number of nitrogens with one attached hydrogen (secondary N) is 1. The first kappa shape index (κ1) is 11.4. The van der Waals surface area contributed by atoms with E-state index in [1.165, 1.54) is 12.0 Å². The van der Waals surface area contributed by atoms with Gasteiger partial charge in [0.25, 0.3) is 0 Å². The highest BCUT2D eigenvalue weighted by molar-refractivity contribution is 5.39. The van der Waals surface area contributed by atoms with Crippen LogP contribution in [-0.4, -0.2) is 19.3 Å². The number of nitrogen functional groups attached to an aromatic ring is 1. The van der Waals surface area contributed by atoms with Gasteiger partial charge in [-0.1, -0.05) is 12.1 Å². The molecule has 2 unspecified atom stereocenters. The Labute approximate surface area is 97.0 Å². The van der Waals surface area contributed by atoms with E-state index in [1.807, 2.05) is 12.1 Å². The minimum absolute atomic E-state index is 0.402. The number of anilines is 1. The maximum Gasteiger partial charge on any atom is 0.0588 e. The predicted octanol–water partition coefficient (Wildman–Crippen LogP) is 1.78. The number of hydrogen-bond acceptors (Lipinski definition) is 3. The molecule has 1 heterocycles. The van der Waals surface area contributed by atoms with Crippen LogP contribution in [0.2, 0.25) is 0 Å². The molecule has 1 saturated heterocycles. The van der Waals surface area contributed by atoms with Crippen molar-refractivity contribution in [1.29, 1.82) is 0 Å². The lowest BCUT2D eigenvalue weighted by molar-refractivity contribution is 0.105. The van der Waals surface area contributed by atoms with Gasteiger partial charge in [-0.3, -0.25) is 0 Å². The van der Waals surface area contributed by atoms with Gasteiger partial charge in [0.05, 0.1) is 6.10 Å². The van der Waals surface area contributed by atoms with Crippen molar-refractivity contribution < 1.29 is 4.74 Å². The molecule has 0 aromatic heterocycles. The van der Waals surface area contributed by atoms with E-state index in [4.69, 9.17) is 10.5 Å². The molecule has 1 fully saturated rings. The van der Waals surface area contributed by atoms with Crippen LogP contribution in [0.5, 0.6) is 0 Å². The Balaban J connectivity index is 1.73. The molecule has 1 aliphatic rings. The standard InChI is InChI=1S/C13H20N2O/c1-10-12(6-7-16-10)9-15-8-11-2-4-13(14)5-3-11/h2-5,10,12,15H,6-9,14H2,1H3. The average molecular weight is 220 g/mol. The van der Waals surface area contributed by atoms with Crippen molar-refractivity contribution in [2.75, 3.05) is 18.9 Å². The fraction of sp³-hybridized carbons (Fsp3) is 0.538. The number of benzene rings is 1. The summed E-state index contributed by atoms with van der Waals surface area (Å²) in [5, 5.41) is 3.47. The van der Waals surface area contributed by atoms with Gasteiger partial charge in [-0.15, -0.1) is 0 Å². The van der Waals surface area contributed by atoms with Crippen LogP contribution in [0.3, 0.4) is 0 Å². The van der Waals surface area contributed by atoms with Gasteiger partial charge in [0.2, 0.25) is 0 Å². The Morgan fingerprint density at radius 2 is 2.12 bits per heavy atom. The Morgan fingerprint density at radius 1 is 1.38 bits per heavy atom. The minimum atomic E-state index is 0.402. The number of ether oxygens (including phenoxy) is 1. The predicted molar refractivity (Wildman–Crippen MR) is 66.1 cm³/mol. The quantitative estimate of drug-likeness (QED) is 0.760. The number of hydrogen-bond donors (Lipinski definition) is 2. The molecule has 0 amide bonds.